The fourth-order valence-electron chi connectivity index (χ4n) is 3.19. The summed E-state index contributed by atoms with van der Waals surface area (Å²) in [6.45, 7) is 2.32. The molecule has 0 bridgehead atoms. The van der Waals surface area contributed by atoms with E-state index in [-0.39, 0.29) is 6.61 Å². The van der Waals surface area contributed by atoms with E-state index >= 15 is 0 Å². The number of hydrogen-bond donors (Lipinski definition) is 2. The van der Waals surface area contributed by atoms with Gasteiger partial charge in [-0.05, 0) is 42.4 Å². The molecule has 0 radical (unpaired) electrons. The molecule has 0 spiro atoms. The van der Waals surface area contributed by atoms with E-state index in [1.165, 1.54) is 61.6 Å². The number of nitrogens with two attached hydrogens (primary N) is 1. The van der Waals surface area contributed by atoms with Gasteiger partial charge in [0.05, 0.1) is 6.61 Å². The van der Waals surface area contributed by atoms with Gasteiger partial charge in [0.25, 0.3) is 0 Å². The number of aryl methyl sites for hydroxylation is 1. The van der Waals surface area contributed by atoms with Gasteiger partial charge in [0.1, 0.15) is 0 Å². The molecule has 0 heterocycles. The summed E-state index contributed by atoms with van der Waals surface area (Å²) in [5.41, 5.74) is 9.66. The van der Waals surface area contributed by atoms with E-state index in [1.54, 1.807) is 0 Å². The van der Waals surface area contributed by atoms with Gasteiger partial charge >= 0.3 is 0 Å². The van der Waals surface area contributed by atoms with Gasteiger partial charge in [-0.2, -0.15) is 0 Å². The second kappa shape index (κ2) is 8.50. The quantitative estimate of drug-likeness (QED) is 0.662. The summed E-state index contributed by atoms with van der Waals surface area (Å²) in [7, 11) is 0. The smallest absolute Gasteiger partial charge is 0.0617 e. The van der Waals surface area contributed by atoms with Crippen molar-refractivity contribution in [3.8, 4) is 0 Å². The minimum Gasteiger partial charge on any atom is -0.394 e. The molecule has 0 aromatic heterocycles. The molecule has 0 saturated carbocycles. The van der Waals surface area contributed by atoms with E-state index in [1.807, 2.05) is 0 Å². The number of aliphatic hydroxyl groups is 1. The standard InChI is InChI=1S/C20H31NO/c1-2-3-4-5-6-7-8-17-9-11-18(12-10-17)19-13-14-20(21,15-19)16-22/h9-13,22H,2-8,14-16,21H2,1H3. The van der Waals surface area contributed by atoms with Crippen molar-refractivity contribution in [3.63, 3.8) is 0 Å². The maximum absolute atomic E-state index is 9.35. The maximum Gasteiger partial charge on any atom is 0.0617 e. The van der Waals surface area contributed by atoms with Crippen LogP contribution in [-0.2, 0) is 6.42 Å². The van der Waals surface area contributed by atoms with Crippen LogP contribution < -0.4 is 5.73 Å². The molecule has 1 aromatic rings. The Morgan fingerprint density at radius 3 is 2.36 bits per heavy atom. The van der Waals surface area contributed by atoms with Gasteiger partial charge in [0.15, 0.2) is 0 Å². The molecule has 0 amide bonds. The number of benzene rings is 1. The molecule has 2 rings (SSSR count). The van der Waals surface area contributed by atoms with Gasteiger partial charge in [-0.25, -0.2) is 0 Å². The molecule has 1 aliphatic carbocycles. The van der Waals surface area contributed by atoms with Crippen LogP contribution in [0.15, 0.2) is 30.3 Å². The van der Waals surface area contributed by atoms with Crippen LogP contribution in [0.25, 0.3) is 5.57 Å². The summed E-state index contributed by atoms with van der Waals surface area (Å²) in [6, 6.07) is 8.91. The van der Waals surface area contributed by atoms with Crippen molar-refractivity contribution in [2.45, 2.75) is 70.3 Å². The molecular weight excluding hydrogens is 270 g/mol. The first-order valence-corrected chi connectivity index (χ1v) is 8.85. The zero-order valence-electron chi connectivity index (χ0n) is 14.0. The SMILES string of the molecule is CCCCCCCCc1ccc(C2=CCC(N)(CO)C2)cc1. The first-order valence-electron chi connectivity index (χ1n) is 8.85. The third kappa shape index (κ3) is 4.96. The van der Waals surface area contributed by atoms with Gasteiger partial charge < -0.3 is 10.8 Å². The first-order chi connectivity index (χ1) is 10.7. The fraction of sp³-hybridized carbons (Fsp3) is 0.600. The first kappa shape index (κ1) is 17.2. The molecule has 2 heteroatoms. The molecule has 0 aliphatic heterocycles. The Kier molecular flexibility index (Phi) is 6.66. The van der Waals surface area contributed by atoms with Gasteiger partial charge in [0.2, 0.25) is 0 Å². The van der Waals surface area contributed by atoms with Crippen LogP contribution >= 0.6 is 0 Å². The Balaban J connectivity index is 1.76. The van der Waals surface area contributed by atoms with Crippen LogP contribution in [0.5, 0.6) is 0 Å². The Bertz CT molecular complexity index is 477. The summed E-state index contributed by atoms with van der Waals surface area (Å²) in [5, 5.41) is 9.35. The second-order valence-corrected chi connectivity index (χ2v) is 6.85. The Hall–Kier alpha value is -1.12. The van der Waals surface area contributed by atoms with Crippen LogP contribution in [0.1, 0.15) is 69.4 Å². The van der Waals surface area contributed by atoms with Crippen molar-refractivity contribution in [1.82, 2.24) is 0 Å². The van der Waals surface area contributed by atoms with Crippen molar-refractivity contribution < 1.29 is 5.11 Å². The molecule has 0 fully saturated rings. The minimum atomic E-state index is -0.438. The van der Waals surface area contributed by atoms with Crippen molar-refractivity contribution in [3.05, 3.63) is 41.5 Å². The summed E-state index contributed by atoms with van der Waals surface area (Å²) >= 11 is 0. The zero-order chi connectivity index (χ0) is 15.8. The Morgan fingerprint density at radius 1 is 1.05 bits per heavy atom. The molecule has 22 heavy (non-hydrogen) atoms. The maximum atomic E-state index is 9.35. The summed E-state index contributed by atoms with van der Waals surface area (Å²) in [4.78, 5) is 0. The van der Waals surface area contributed by atoms with Crippen LogP contribution in [0.2, 0.25) is 0 Å². The van der Waals surface area contributed by atoms with E-state index in [0.29, 0.717) is 0 Å². The normalized spacial score (nSPS) is 21.1. The highest BCUT2D eigenvalue weighted by molar-refractivity contribution is 5.69. The molecule has 3 N–H and O–H groups in total. The third-order valence-electron chi connectivity index (χ3n) is 4.76. The highest BCUT2D eigenvalue weighted by Crippen LogP contribution is 2.33. The highest BCUT2D eigenvalue weighted by Gasteiger charge is 2.29. The van der Waals surface area contributed by atoms with Gasteiger partial charge in [0, 0.05) is 5.54 Å². The van der Waals surface area contributed by atoms with Gasteiger partial charge in [-0.3, -0.25) is 0 Å². The molecule has 0 saturated heterocycles. The lowest BCUT2D eigenvalue weighted by Gasteiger charge is -2.20. The molecule has 1 unspecified atom stereocenters. The number of rotatable bonds is 9. The van der Waals surface area contributed by atoms with E-state index in [9.17, 15) is 5.11 Å². The minimum absolute atomic E-state index is 0.0586. The second-order valence-electron chi connectivity index (χ2n) is 6.85. The molecule has 1 atom stereocenters. The predicted octanol–water partition coefficient (Wildman–Crippen LogP) is 4.46. The van der Waals surface area contributed by atoms with Crippen LogP contribution in [0.4, 0.5) is 0 Å². The number of unbranched alkanes of at least 4 members (excludes halogenated alkanes) is 5. The molecule has 1 aromatic carbocycles. The average molecular weight is 301 g/mol. The van der Waals surface area contributed by atoms with Gasteiger partial charge in [-0.1, -0.05) is 69.4 Å². The molecular formula is C20H31NO. The summed E-state index contributed by atoms with van der Waals surface area (Å²) in [6.07, 6.45) is 13.0. The van der Waals surface area contributed by atoms with Crippen molar-refractivity contribution >= 4 is 5.57 Å². The van der Waals surface area contributed by atoms with Crippen LogP contribution in [0.3, 0.4) is 0 Å². The number of aliphatic hydroxyl groups excluding tert-OH is 1. The Labute approximate surface area is 135 Å². The third-order valence-corrected chi connectivity index (χ3v) is 4.76. The van der Waals surface area contributed by atoms with E-state index in [4.69, 9.17) is 5.73 Å². The van der Waals surface area contributed by atoms with Crippen molar-refractivity contribution in [2.24, 2.45) is 5.73 Å². The lowest BCUT2D eigenvalue weighted by atomic mass is 9.94. The Morgan fingerprint density at radius 2 is 1.73 bits per heavy atom. The number of hydrogen-bond acceptors (Lipinski definition) is 2. The molecule has 1 aliphatic rings. The lowest BCUT2D eigenvalue weighted by molar-refractivity contribution is 0.205. The van der Waals surface area contributed by atoms with E-state index in [2.05, 4.69) is 37.3 Å². The monoisotopic (exact) mass is 301 g/mol. The predicted molar refractivity (Wildman–Crippen MR) is 94.7 cm³/mol. The van der Waals surface area contributed by atoms with Crippen LogP contribution in [0, 0.1) is 0 Å². The van der Waals surface area contributed by atoms with Gasteiger partial charge in [-0.15, -0.1) is 0 Å². The van der Waals surface area contributed by atoms with Crippen LogP contribution in [-0.4, -0.2) is 17.3 Å². The van der Waals surface area contributed by atoms with Crippen molar-refractivity contribution in [2.75, 3.05) is 6.61 Å². The average Bonchev–Trinajstić information content (AvgIpc) is 2.94. The fourth-order valence-corrected chi connectivity index (χ4v) is 3.19. The summed E-state index contributed by atoms with van der Waals surface area (Å²) < 4.78 is 0. The van der Waals surface area contributed by atoms with E-state index in [0.717, 1.165) is 12.8 Å². The molecule has 122 valence electrons. The topological polar surface area (TPSA) is 46.2 Å². The summed E-state index contributed by atoms with van der Waals surface area (Å²) in [5.74, 6) is 0. The van der Waals surface area contributed by atoms with Crippen molar-refractivity contribution in [1.29, 1.82) is 0 Å². The largest absolute Gasteiger partial charge is 0.394 e. The highest BCUT2D eigenvalue weighted by atomic mass is 16.3. The lowest BCUT2D eigenvalue weighted by Crippen LogP contribution is -2.40. The van der Waals surface area contributed by atoms with E-state index < -0.39 is 5.54 Å². The molecule has 2 nitrogen and oxygen atoms in total. The zero-order valence-corrected chi connectivity index (χ0v) is 14.0.